The van der Waals surface area contributed by atoms with Gasteiger partial charge in [0.15, 0.2) is 11.6 Å². The van der Waals surface area contributed by atoms with Gasteiger partial charge in [0.05, 0.1) is 20.1 Å². The fourth-order valence-electron chi connectivity index (χ4n) is 6.42. The summed E-state index contributed by atoms with van der Waals surface area (Å²) in [6, 6.07) is 10.1. The molecule has 7 nitrogen and oxygen atoms in total. The molecule has 236 valence electrons. The van der Waals surface area contributed by atoms with Gasteiger partial charge in [-0.3, -0.25) is 9.69 Å². The predicted octanol–water partition coefficient (Wildman–Crippen LogP) is 7.13. The molecule has 1 aliphatic carbocycles. The summed E-state index contributed by atoms with van der Waals surface area (Å²) in [5.41, 5.74) is 0.618. The summed E-state index contributed by atoms with van der Waals surface area (Å²) in [6.45, 7) is 5.43. The Balaban J connectivity index is 1.45. The molecule has 1 saturated heterocycles. The maximum Gasteiger partial charge on any atom is 0.410 e. The molecule has 1 aliphatic heterocycles. The van der Waals surface area contributed by atoms with E-state index in [9.17, 15) is 14.0 Å². The Bertz CT molecular complexity index is 1290. The molecule has 2 aromatic rings. The molecule has 1 saturated carbocycles. The zero-order valence-corrected chi connectivity index (χ0v) is 26.7. The highest BCUT2D eigenvalue weighted by molar-refractivity contribution is 6.30. The summed E-state index contributed by atoms with van der Waals surface area (Å²) in [7, 11) is 5.44. The Labute approximate surface area is 258 Å². The Kier molecular flexibility index (Phi) is 10.3. The molecule has 2 aromatic carbocycles. The lowest BCUT2D eigenvalue weighted by Crippen LogP contribution is -2.44. The number of nitrogens with zero attached hydrogens (tertiary/aromatic N) is 2. The lowest BCUT2D eigenvalue weighted by Gasteiger charge is -2.45. The van der Waals surface area contributed by atoms with Crippen LogP contribution in [0.1, 0.15) is 70.4 Å². The third-order valence-corrected chi connectivity index (χ3v) is 8.94. The average molecular weight is 621 g/mol. The third-order valence-electron chi connectivity index (χ3n) is 8.69. The molecule has 0 N–H and O–H groups in total. The monoisotopic (exact) mass is 620 g/mol. The van der Waals surface area contributed by atoms with Crippen molar-refractivity contribution in [2.24, 2.45) is 5.92 Å². The second kappa shape index (κ2) is 13.4. The lowest BCUT2D eigenvalue weighted by atomic mass is 9.70. The molecule has 0 spiro atoms. The summed E-state index contributed by atoms with van der Waals surface area (Å²) >= 11 is 6.13. The van der Waals surface area contributed by atoms with Gasteiger partial charge in [-0.25, -0.2) is 13.6 Å². The van der Waals surface area contributed by atoms with Crippen LogP contribution in [0.15, 0.2) is 36.4 Å². The smallest absolute Gasteiger partial charge is 0.410 e. The van der Waals surface area contributed by atoms with E-state index in [4.69, 9.17) is 25.8 Å². The molecule has 43 heavy (non-hydrogen) atoms. The van der Waals surface area contributed by atoms with E-state index in [1.807, 2.05) is 12.1 Å². The number of halogens is 3. The Hall–Kier alpha value is -2.91. The van der Waals surface area contributed by atoms with Gasteiger partial charge < -0.3 is 19.1 Å². The van der Waals surface area contributed by atoms with Crippen molar-refractivity contribution in [1.82, 2.24) is 9.80 Å². The van der Waals surface area contributed by atoms with Crippen LogP contribution in [0, 0.1) is 17.6 Å². The number of carbonyl (C=O) groups is 2. The van der Waals surface area contributed by atoms with Crippen LogP contribution in [0.2, 0.25) is 5.02 Å². The fourth-order valence-corrected chi connectivity index (χ4v) is 6.55. The first-order chi connectivity index (χ1) is 20.2. The highest BCUT2D eigenvalue weighted by Crippen LogP contribution is 2.44. The number of amides is 1. The highest BCUT2D eigenvalue weighted by atomic mass is 35.5. The molecule has 2 fully saturated rings. The summed E-state index contributed by atoms with van der Waals surface area (Å²) in [5.74, 6) is -1.92. The van der Waals surface area contributed by atoms with Gasteiger partial charge >= 0.3 is 12.1 Å². The van der Waals surface area contributed by atoms with Crippen LogP contribution < -0.4 is 4.74 Å². The number of hydrogen-bond acceptors (Lipinski definition) is 6. The molecule has 2 aliphatic rings. The molecule has 1 heterocycles. The number of likely N-dealkylation sites (tertiary alicyclic amines) is 1. The van der Waals surface area contributed by atoms with Crippen molar-refractivity contribution in [2.75, 3.05) is 27.7 Å². The molecule has 10 heteroatoms. The maximum atomic E-state index is 15.0. The zero-order chi connectivity index (χ0) is 31.5. The lowest BCUT2D eigenvalue weighted by molar-refractivity contribution is -0.141. The van der Waals surface area contributed by atoms with Gasteiger partial charge in [-0.05, 0) is 102 Å². The topological polar surface area (TPSA) is 68.3 Å². The summed E-state index contributed by atoms with van der Waals surface area (Å²) in [6.07, 6.45) is 3.08. The first kappa shape index (κ1) is 33.0. The van der Waals surface area contributed by atoms with Crippen LogP contribution >= 0.6 is 11.6 Å². The van der Waals surface area contributed by atoms with Crippen molar-refractivity contribution in [3.63, 3.8) is 0 Å². The number of carbonyl (C=O) groups excluding carboxylic acids is 2. The van der Waals surface area contributed by atoms with Crippen LogP contribution in [-0.4, -0.2) is 67.4 Å². The predicted molar refractivity (Wildman–Crippen MR) is 161 cm³/mol. The minimum Gasteiger partial charge on any atom is -0.488 e. The fraction of sp³-hybridized carbons (Fsp3) is 0.576. The second-order valence-electron chi connectivity index (χ2n) is 13.0. The number of hydrogen-bond donors (Lipinski definition) is 0. The normalized spacial score (nSPS) is 24.2. The molecule has 0 bridgehead atoms. The van der Waals surface area contributed by atoms with E-state index in [0.717, 1.165) is 31.7 Å². The van der Waals surface area contributed by atoms with E-state index in [1.54, 1.807) is 26.8 Å². The minimum absolute atomic E-state index is 0.0230. The summed E-state index contributed by atoms with van der Waals surface area (Å²) < 4.78 is 46.3. The average Bonchev–Trinajstić information content (AvgIpc) is 3.33. The van der Waals surface area contributed by atoms with Crippen molar-refractivity contribution < 1.29 is 32.6 Å². The first-order valence-corrected chi connectivity index (χ1v) is 15.2. The summed E-state index contributed by atoms with van der Waals surface area (Å²) in [5, 5.41) is 0.695. The molecule has 4 rings (SSSR count). The number of esters is 1. The number of methoxy groups -OCH3 is 1. The standard InChI is InChI=1S/C33H43ClF2N2O5/c1-32(2,3)43-31(40)38-20-27(17-25(38)18-29(39)41-6)42-26-16-22(30(36)28(35)19-26)15-21-11-13-33(14-12-21,37(4)5)23-7-9-24(34)10-8-23/h7-10,16,19,21,25,27H,11-15,17-18,20H2,1-6H3/t21-,25-,27-,33-/m0/s1. The van der Waals surface area contributed by atoms with Gasteiger partial charge in [-0.1, -0.05) is 23.7 Å². The van der Waals surface area contributed by atoms with E-state index in [2.05, 4.69) is 31.1 Å². The van der Waals surface area contributed by atoms with E-state index >= 15 is 4.39 Å². The second-order valence-corrected chi connectivity index (χ2v) is 13.4. The highest BCUT2D eigenvalue weighted by Gasteiger charge is 2.41. The van der Waals surface area contributed by atoms with Crippen LogP contribution in [0.4, 0.5) is 13.6 Å². The Morgan fingerprint density at radius 1 is 1.09 bits per heavy atom. The van der Waals surface area contributed by atoms with Gasteiger partial charge in [0, 0.05) is 29.1 Å². The molecular formula is C33H43ClF2N2O5. The quantitative estimate of drug-likeness (QED) is 0.293. The molecule has 0 radical (unpaired) electrons. The molecular weight excluding hydrogens is 578 g/mol. The molecule has 1 amide bonds. The number of ether oxygens (including phenoxy) is 3. The third kappa shape index (κ3) is 7.98. The van der Waals surface area contributed by atoms with Crippen molar-refractivity contribution in [3.8, 4) is 5.75 Å². The first-order valence-electron chi connectivity index (χ1n) is 14.8. The van der Waals surface area contributed by atoms with Gasteiger partial charge in [-0.2, -0.15) is 0 Å². The number of benzene rings is 2. The van der Waals surface area contributed by atoms with Crippen molar-refractivity contribution in [2.45, 2.75) is 89.0 Å². The SMILES string of the molecule is COC(=O)C[C@@H]1C[C@H](Oc2cc(F)c(F)c(C[C@H]3CC[C@](c4ccc(Cl)cc4)(N(C)C)CC3)c2)CN1C(=O)OC(C)(C)C. The van der Waals surface area contributed by atoms with Gasteiger partial charge in [-0.15, -0.1) is 0 Å². The van der Waals surface area contributed by atoms with Crippen LogP contribution in [0.5, 0.6) is 5.75 Å². The van der Waals surface area contributed by atoms with Crippen molar-refractivity contribution >= 4 is 23.7 Å². The van der Waals surface area contributed by atoms with E-state index in [-0.39, 0.29) is 35.7 Å². The minimum atomic E-state index is -0.972. The summed E-state index contributed by atoms with van der Waals surface area (Å²) in [4.78, 5) is 28.6. The van der Waals surface area contributed by atoms with Crippen LogP contribution in [0.3, 0.4) is 0 Å². The Morgan fingerprint density at radius 3 is 2.33 bits per heavy atom. The number of rotatable bonds is 8. The van der Waals surface area contributed by atoms with Crippen molar-refractivity contribution in [3.05, 3.63) is 64.2 Å². The van der Waals surface area contributed by atoms with E-state index < -0.39 is 41.4 Å². The Morgan fingerprint density at radius 2 is 1.74 bits per heavy atom. The largest absolute Gasteiger partial charge is 0.488 e. The van der Waals surface area contributed by atoms with E-state index in [1.165, 1.54) is 17.6 Å². The van der Waals surface area contributed by atoms with Crippen LogP contribution in [-0.2, 0) is 26.2 Å². The zero-order valence-electron chi connectivity index (χ0n) is 25.9. The maximum absolute atomic E-state index is 15.0. The molecule has 0 aromatic heterocycles. The van der Waals surface area contributed by atoms with Gasteiger partial charge in [0.2, 0.25) is 0 Å². The van der Waals surface area contributed by atoms with Gasteiger partial charge in [0.1, 0.15) is 17.5 Å². The molecule has 2 atom stereocenters. The van der Waals surface area contributed by atoms with E-state index in [0.29, 0.717) is 17.9 Å². The molecule has 0 unspecified atom stereocenters. The van der Waals surface area contributed by atoms with Gasteiger partial charge in [0.25, 0.3) is 0 Å². The van der Waals surface area contributed by atoms with Crippen LogP contribution in [0.25, 0.3) is 0 Å². The van der Waals surface area contributed by atoms with Crippen molar-refractivity contribution in [1.29, 1.82) is 0 Å².